The van der Waals surface area contributed by atoms with Gasteiger partial charge in [-0.15, -0.1) is 10.2 Å². The molecule has 1 fully saturated rings. The van der Waals surface area contributed by atoms with Crippen LogP contribution in [0.5, 0.6) is 0 Å². The van der Waals surface area contributed by atoms with E-state index in [2.05, 4.69) is 20.3 Å². The minimum atomic E-state index is -0.453. The third kappa shape index (κ3) is 3.71. The maximum atomic E-state index is 11.3. The second kappa shape index (κ2) is 8.27. The van der Waals surface area contributed by atoms with Crippen LogP contribution in [0, 0.1) is 0 Å². The molecule has 2 atom stereocenters. The van der Waals surface area contributed by atoms with E-state index >= 15 is 0 Å². The number of carbonyl (C=O) groups is 1. The molecule has 0 spiro atoms. The standard InChI is InChI=1S/C23H23ClN6O2/c1-29-22(15-9-7-14(8-10-15)21(25)31)26-27-23(29)30-11-3-6-19(30)18-13-20(32-28-18)16-4-2-5-17(24)12-16/h2,4-5,7-10,12,19-20H,3,6,11,13H2,1H3,(H2,25,31)/t19-,20?/m1/s1. The Morgan fingerprint density at radius 3 is 2.75 bits per heavy atom. The van der Waals surface area contributed by atoms with Gasteiger partial charge in [0.2, 0.25) is 11.9 Å². The highest BCUT2D eigenvalue weighted by Gasteiger charge is 2.37. The van der Waals surface area contributed by atoms with Crippen molar-refractivity contribution in [3.8, 4) is 11.4 Å². The number of nitrogens with zero attached hydrogens (tertiary/aromatic N) is 5. The molecule has 3 aromatic rings. The molecule has 2 aromatic carbocycles. The van der Waals surface area contributed by atoms with E-state index in [1.54, 1.807) is 12.1 Å². The molecule has 5 rings (SSSR count). The second-order valence-corrected chi connectivity index (χ2v) is 8.55. The summed E-state index contributed by atoms with van der Waals surface area (Å²) in [5.74, 6) is 1.06. The number of hydrogen-bond acceptors (Lipinski definition) is 6. The van der Waals surface area contributed by atoms with E-state index in [0.717, 1.165) is 54.4 Å². The molecule has 2 N–H and O–H groups in total. The highest BCUT2D eigenvalue weighted by molar-refractivity contribution is 6.30. The van der Waals surface area contributed by atoms with E-state index in [0.29, 0.717) is 10.6 Å². The molecule has 2 aliphatic rings. The number of oxime groups is 1. The molecule has 0 radical (unpaired) electrons. The fourth-order valence-corrected chi connectivity index (χ4v) is 4.64. The fraction of sp³-hybridized carbons (Fsp3) is 0.304. The molecular weight excluding hydrogens is 428 g/mol. The van der Waals surface area contributed by atoms with Gasteiger partial charge in [-0.05, 0) is 42.7 Å². The van der Waals surface area contributed by atoms with E-state index < -0.39 is 5.91 Å². The number of amides is 1. The van der Waals surface area contributed by atoms with Crippen LogP contribution >= 0.6 is 11.6 Å². The number of halogens is 1. The summed E-state index contributed by atoms with van der Waals surface area (Å²) < 4.78 is 1.97. The van der Waals surface area contributed by atoms with Gasteiger partial charge < -0.3 is 15.5 Å². The van der Waals surface area contributed by atoms with E-state index in [1.165, 1.54) is 0 Å². The summed E-state index contributed by atoms with van der Waals surface area (Å²) in [6, 6.07) is 14.9. The maximum absolute atomic E-state index is 11.3. The lowest BCUT2D eigenvalue weighted by molar-refractivity contribution is 0.0857. The molecule has 3 heterocycles. The van der Waals surface area contributed by atoms with Crippen molar-refractivity contribution in [2.45, 2.75) is 31.4 Å². The number of aromatic nitrogens is 3. The van der Waals surface area contributed by atoms with Crippen molar-refractivity contribution in [2.75, 3.05) is 11.4 Å². The Balaban J connectivity index is 1.36. The van der Waals surface area contributed by atoms with Crippen LogP contribution in [0.1, 0.15) is 41.3 Å². The van der Waals surface area contributed by atoms with Gasteiger partial charge in [0.05, 0.1) is 11.8 Å². The van der Waals surface area contributed by atoms with Crippen molar-refractivity contribution >= 4 is 29.2 Å². The molecule has 0 bridgehead atoms. The van der Waals surface area contributed by atoms with Gasteiger partial charge in [0.25, 0.3) is 0 Å². The largest absolute Gasteiger partial charge is 0.387 e. The summed E-state index contributed by atoms with van der Waals surface area (Å²) in [4.78, 5) is 19.3. The average molecular weight is 451 g/mol. The summed E-state index contributed by atoms with van der Waals surface area (Å²) in [6.07, 6.45) is 2.63. The molecule has 9 heteroatoms. The Labute approximate surface area is 190 Å². The van der Waals surface area contributed by atoms with Crippen LogP contribution in [0.25, 0.3) is 11.4 Å². The predicted molar refractivity (Wildman–Crippen MR) is 123 cm³/mol. The molecule has 1 amide bonds. The first-order chi connectivity index (χ1) is 15.5. The summed E-state index contributed by atoms with van der Waals surface area (Å²) in [5.41, 5.74) is 8.72. The maximum Gasteiger partial charge on any atom is 0.248 e. The first kappa shape index (κ1) is 20.5. The number of rotatable bonds is 5. The van der Waals surface area contributed by atoms with Gasteiger partial charge in [-0.1, -0.05) is 41.0 Å². The number of carbonyl (C=O) groups excluding carboxylic acids is 1. The first-order valence-electron chi connectivity index (χ1n) is 10.6. The Morgan fingerprint density at radius 1 is 1.19 bits per heavy atom. The summed E-state index contributed by atoms with van der Waals surface area (Å²) >= 11 is 6.14. The van der Waals surface area contributed by atoms with Gasteiger partial charge in [-0.3, -0.25) is 9.36 Å². The van der Waals surface area contributed by atoms with Crippen LogP contribution in [-0.2, 0) is 11.9 Å². The number of anilines is 1. The van der Waals surface area contributed by atoms with Crippen molar-refractivity contribution in [1.82, 2.24) is 14.8 Å². The van der Waals surface area contributed by atoms with Gasteiger partial charge >= 0.3 is 0 Å². The minimum Gasteiger partial charge on any atom is -0.387 e. The number of hydrogen-bond donors (Lipinski definition) is 1. The summed E-state index contributed by atoms with van der Waals surface area (Å²) in [7, 11) is 1.95. The molecule has 0 saturated carbocycles. The van der Waals surface area contributed by atoms with Crippen LogP contribution in [0.15, 0.2) is 53.7 Å². The van der Waals surface area contributed by atoms with E-state index in [9.17, 15) is 4.79 Å². The molecule has 0 aliphatic carbocycles. The van der Waals surface area contributed by atoms with Gasteiger partial charge in [0.1, 0.15) is 0 Å². The fourth-order valence-electron chi connectivity index (χ4n) is 4.44. The Hall–Kier alpha value is -3.39. The Bertz CT molecular complexity index is 1190. The number of primary amides is 1. The zero-order valence-corrected chi connectivity index (χ0v) is 18.4. The van der Waals surface area contributed by atoms with Gasteiger partial charge in [0.15, 0.2) is 11.9 Å². The SMILES string of the molecule is Cn1c(-c2ccc(C(N)=O)cc2)nnc1N1CCC[C@@H]1C1=NOC(c2cccc(Cl)c2)C1. The zero-order chi connectivity index (χ0) is 22.2. The highest BCUT2D eigenvalue weighted by atomic mass is 35.5. The molecule has 2 aliphatic heterocycles. The minimum absolute atomic E-state index is 0.118. The first-order valence-corrected chi connectivity index (χ1v) is 10.9. The van der Waals surface area contributed by atoms with E-state index in [-0.39, 0.29) is 12.1 Å². The van der Waals surface area contributed by atoms with E-state index in [1.807, 2.05) is 48.0 Å². The lowest BCUT2D eigenvalue weighted by Gasteiger charge is -2.24. The predicted octanol–water partition coefficient (Wildman–Crippen LogP) is 3.72. The van der Waals surface area contributed by atoms with Crippen LogP contribution in [0.3, 0.4) is 0 Å². The Kier molecular flexibility index (Phi) is 5.30. The third-order valence-corrected chi connectivity index (χ3v) is 6.32. The monoisotopic (exact) mass is 450 g/mol. The summed E-state index contributed by atoms with van der Waals surface area (Å²) in [6.45, 7) is 0.873. The topological polar surface area (TPSA) is 98.6 Å². The second-order valence-electron chi connectivity index (χ2n) is 8.11. The van der Waals surface area contributed by atoms with Crippen LogP contribution < -0.4 is 10.6 Å². The molecule has 8 nitrogen and oxygen atoms in total. The van der Waals surface area contributed by atoms with Crippen molar-refractivity contribution in [1.29, 1.82) is 0 Å². The third-order valence-electron chi connectivity index (χ3n) is 6.09. The van der Waals surface area contributed by atoms with Crippen molar-refractivity contribution < 1.29 is 9.63 Å². The average Bonchev–Trinajstić information content (AvgIpc) is 3.53. The van der Waals surface area contributed by atoms with E-state index in [4.69, 9.17) is 22.2 Å². The van der Waals surface area contributed by atoms with Crippen molar-refractivity contribution in [2.24, 2.45) is 17.9 Å². The quantitative estimate of drug-likeness (QED) is 0.638. The molecule has 1 saturated heterocycles. The van der Waals surface area contributed by atoms with Gasteiger partial charge in [0, 0.05) is 36.2 Å². The number of nitrogens with two attached hydrogens (primary N) is 1. The summed E-state index contributed by atoms with van der Waals surface area (Å²) in [5, 5.41) is 14.0. The van der Waals surface area contributed by atoms with Crippen LogP contribution in [0.2, 0.25) is 5.02 Å². The van der Waals surface area contributed by atoms with Crippen LogP contribution in [0.4, 0.5) is 5.95 Å². The Morgan fingerprint density at radius 2 is 2.00 bits per heavy atom. The van der Waals surface area contributed by atoms with Crippen molar-refractivity contribution in [3.05, 3.63) is 64.7 Å². The lowest BCUT2D eigenvalue weighted by Crippen LogP contribution is -2.37. The van der Waals surface area contributed by atoms with Crippen molar-refractivity contribution in [3.63, 3.8) is 0 Å². The lowest BCUT2D eigenvalue weighted by atomic mass is 9.99. The molecular formula is C23H23ClN6O2. The smallest absolute Gasteiger partial charge is 0.248 e. The van der Waals surface area contributed by atoms with Crippen LogP contribution in [-0.4, -0.2) is 39.0 Å². The number of benzene rings is 2. The highest BCUT2D eigenvalue weighted by Crippen LogP contribution is 2.35. The molecule has 1 aromatic heterocycles. The zero-order valence-electron chi connectivity index (χ0n) is 17.6. The van der Waals surface area contributed by atoms with Gasteiger partial charge in [-0.2, -0.15) is 0 Å². The molecule has 1 unspecified atom stereocenters. The van der Waals surface area contributed by atoms with Gasteiger partial charge in [-0.25, -0.2) is 0 Å². The molecule has 32 heavy (non-hydrogen) atoms. The molecule has 164 valence electrons. The normalized spacial score (nSPS) is 20.3.